The van der Waals surface area contributed by atoms with E-state index in [-0.39, 0.29) is 11.9 Å². The van der Waals surface area contributed by atoms with E-state index in [1.54, 1.807) is 0 Å². The molecule has 1 aliphatic heterocycles. The van der Waals surface area contributed by atoms with E-state index in [0.717, 1.165) is 58.2 Å². The molecule has 1 amide bonds. The molecule has 5 nitrogen and oxygen atoms in total. The molecule has 0 saturated carbocycles. The van der Waals surface area contributed by atoms with Crippen molar-refractivity contribution in [2.75, 3.05) is 19.6 Å². The number of hydrogen-bond acceptors (Lipinski definition) is 4. The average Bonchev–Trinajstić information content (AvgIpc) is 3.26. The Morgan fingerprint density at radius 1 is 1.13 bits per heavy atom. The van der Waals surface area contributed by atoms with Crippen molar-refractivity contribution in [2.24, 2.45) is 5.92 Å². The van der Waals surface area contributed by atoms with Gasteiger partial charge in [-0.2, -0.15) is 0 Å². The van der Waals surface area contributed by atoms with Crippen molar-refractivity contribution in [1.29, 1.82) is 0 Å². The van der Waals surface area contributed by atoms with Crippen LogP contribution in [0.4, 0.5) is 0 Å². The van der Waals surface area contributed by atoms with Gasteiger partial charge in [0.25, 0.3) is 5.91 Å². The Bertz CT molecular complexity index is 1050. The molecule has 1 fully saturated rings. The zero-order valence-electron chi connectivity index (χ0n) is 18.7. The third kappa shape index (κ3) is 4.04. The minimum absolute atomic E-state index is 0.0313. The highest BCUT2D eigenvalue weighted by Crippen LogP contribution is 2.30. The van der Waals surface area contributed by atoms with Crippen molar-refractivity contribution in [3.05, 3.63) is 58.2 Å². The number of aryl methyl sites for hydroxylation is 4. The number of hydrogen-bond donors (Lipinski definition) is 1. The van der Waals surface area contributed by atoms with E-state index in [0.29, 0.717) is 12.3 Å². The summed E-state index contributed by atoms with van der Waals surface area (Å²) in [6.07, 6.45) is 2.34. The first-order valence-electron chi connectivity index (χ1n) is 10.9. The predicted octanol–water partition coefficient (Wildman–Crippen LogP) is 5.46. The van der Waals surface area contributed by atoms with E-state index in [1.807, 2.05) is 39.0 Å². The second-order valence-corrected chi connectivity index (χ2v) is 8.90. The predicted molar refractivity (Wildman–Crippen MR) is 119 cm³/mol. The van der Waals surface area contributed by atoms with E-state index in [9.17, 15) is 4.79 Å². The largest absolute Gasteiger partial charge is 0.465 e. The van der Waals surface area contributed by atoms with Crippen LogP contribution in [0.25, 0.3) is 11.0 Å². The lowest BCUT2D eigenvalue weighted by Gasteiger charge is -2.35. The molecule has 3 heterocycles. The van der Waals surface area contributed by atoms with Gasteiger partial charge in [0, 0.05) is 17.5 Å². The lowest BCUT2D eigenvalue weighted by Crippen LogP contribution is -2.41. The molecule has 3 aromatic rings. The quantitative estimate of drug-likeness (QED) is 0.609. The third-order valence-electron chi connectivity index (χ3n) is 6.38. The standard InChI is InChI=1S/C25H32N2O3/c1-15-8-10-27(11-9-15)20(21-7-6-18(4)29-21)14-26-25(28)24-19(5)23-17(3)12-16(2)13-22(23)30-24/h6-7,12-13,15,20H,8-11,14H2,1-5H3,(H,26,28). The van der Waals surface area contributed by atoms with Crippen molar-refractivity contribution in [3.63, 3.8) is 0 Å². The molecule has 4 rings (SSSR count). The fourth-order valence-electron chi connectivity index (χ4n) is 4.66. The monoisotopic (exact) mass is 408 g/mol. The van der Waals surface area contributed by atoms with Crippen LogP contribution < -0.4 is 5.32 Å². The Morgan fingerprint density at radius 2 is 1.87 bits per heavy atom. The van der Waals surface area contributed by atoms with Crippen molar-refractivity contribution in [1.82, 2.24) is 10.2 Å². The highest BCUT2D eigenvalue weighted by Gasteiger charge is 2.28. The molecular formula is C25H32N2O3. The number of piperidine rings is 1. The number of benzene rings is 1. The SMILES string of the molecule is Cc1cc(C)c2c(C)c(C(=O)NCC(c3ccc(C)o3)N3CCC(C)CC3)oc2c1. The van der Waals surface area contributed by atoms with E-state index in [2.05, 4.69) is 30.1 Å². The van der Waals surface area contributed by atoms with E-state index in [4.69, 9.17) is 8.83 Å². The maximum atomic E-state index is 13.1. The van der Waals surface area contributed by atoms with Crippen molar-refractivity contribution in [3.8, 4) is 0 Å². The normalized spacial score (nSPS) is 16.8. The van der Waals surface area contributed by atoms with E-state index < -0.39 is 0 Å². The summed E-state index contributed by atoms with van der Waals surface area (Å²) in [6, 6.07) is 8.17. The Morgan fingerprint density at radius 3 is 2.53 bits per heavy atom. The van der Waals surface area contributed by atoms with Gasteiger partial charge in [-0.1, -0.05) is 13.0 Å². The molecule has 0 aliphatic carbocycles. The number of amides is 1. The van der Waals surface area contributed by atoms with E-state index >= 15 is 0 Å². The molecule has 0 spiro atoms. The summed E-state index contributed by atoms with van der Waals surface area (Å²) in [4.78, 5) is 15.5. The summed E-state index contributed by atoms with van der Waals surface area (Å²) in [5.41, 5.74) is 3.94. The summed E-state index contributed by atoms with van der Waals surface area (Å²) in [7, 11) is 0. The molecule has 2 aromatic heterocycles. The van der Waals surface area contributed by atoms with Gasteiger partial charge < -0.3 is 14.2 Å². The van der Waals surface area contributed by atoms with Crippen molar-refractivity contribution in [2.45, 2.75) is 53.5 Å². The van der Waals surface area contributed by atoms with Crippen LogP contribution in [0.3, 0.4) is 0 Å². The molecular weight excluding hydrogens is 376 g/mol. The Hall–Kier alpha value is -2.53. The topological polar surface area (TPSA) is 58.6 Å². The summed E-state index contributed by atoms with van der Waals surface area (Å²) in [5, 5.41) is 4.15. The fourth-order valence-corrected chi connectivity index (χ4v) is 4.66. The zero-order valence-corrected chi connectivity index (χ0v) is 18.7. The second kappa shape index (κ2) is 8.31. The number of nitrogens with one attached hydrogen (secondary N) is 1. The molecule has 0 bridgehead atoms. The first-order valence-corrected chi connectivity index (χ1v) is 10.9. The van der Waals surface area contributed by atoms with Gasteiger partial charge in [-0.25, -0.2) is 0 Å². The van der Waals surface area contributed by atoms with Gasteiger partial charge in [-0.15, -0.1) is 0 Å². The van der Waals surface area contributed by atoms with Gasteiger partial charge in [0.1, 0.15) is 17.1 Å². The van der Waals surface area contributed by atoms with E-state index in [1.165, 1.54) is 12.8 Å². The van der Waals surface area contributed by atoms with Gasteiger partial charge in [0.2, 0.25) is 0 Å². The highest BCUT2D eigenvalue weighted by atomic mass is 16.3. The maximum absolute atomic E-state index is 13.1. The van der Waals surface area contributed by atoms with Crippen LogP contribution >= 0.6 is 0 Å². The van der Waals surface area contributed by atoms with Crippen LogP contribution in [0, 0.1) is 33.6 Å². The van der Waals surface area contributed by atoms with Gasteiger partial charge >= 0.3 is 0 Å². The minimum atomic E-state index is -0.167. The number of rotatable bonds is 5. The first kappa shape index (κ1) is 20.7. The molecule has 1 saturated heterocycles. The molecule has 30 heavy (non-hydrogen) atoms. The van der Waals surface area contributed by atoms with Gasteiger partial charge in [-0.3, -0.25) is 9.69 Å². The molecule has 5 heteroatoms. The first-order chi connectivity index (χ1) is 14.3. The Kier molecular flexibility index (Phi) is 5.74. The van der Waals surface area contributed by atoms with Crippen LogP contribution in [0.1, 0.15) is 64.6 Å². The molecule has 160 valence electrons. The summed E-state index contributed by atoms with van der Waals surface area (Å²) in [6.45, 7) is 12.9. The number of carbonyl (C=O) groups excluding carboxylic acids is 1. The van der Waals surface area contributed by atoms with Crippen LogP contribution in [-0.2, 0) is 0 Å². The number of fused-ring (bicyclic) bond motifs is 1. The number of carbonyl (C=O) groups is 1. The van der Waals surface area contributed by atoms with Crippen LogP contribution in [0.5, 0.6) is 0 Å². The number of nitrogens with zero attached hydrogens (tertiary/aromatic N) is 1. The van der Waals surface area contributed by atoms with Gasteiger partial charge in [-0.05, 0) is 88.9 Å². The molecule has 1 N–H and O–H groups in total. The van der Waals surface area contributed by atoms with Crippen molar-refractivity contribution < 1.29 is 13.6 Å². The van der Waals surface area contributed by atoms with Gasteiger partial charge in [0.05, 0.1) is 6.04 Å². The summed E-state index contributed by atoms with van der Waals surface area (Å²) >= 11 is 0. The highest BCUT2D eigenvalue weighted by molar-refractivity contribution is 6.00. The molecule has 1 aromatic carbocycles. The fraction of sp³-hybridized carbons (Fsp3) is 0.480. The maximum Gasteiger partial charge on any atom is 0.287 e. The summed E-state index contributed by atoms with van der Waals surface area (Å²) in [5.74, 6) is 2.79. The van der Waals surface area contributed by atoms with Crippen LogP contribution in [0.2, 0.25) is 0 Å². The number of likely N-dealkylation sites (tertiary alicyclic amines) is 1. The molecule has 1 unspecified atom stereocenters. The van der Waals surface area contributed by atoms with Crippen molar-refractivity contribution >= 4 is 16.9 Å². The number of furan rings is 2. The molecule has 0 radical (unpaired) electrons. The van der Waals surface area contributed by atoms with Gasteiger partial charge in [0.15, 0.2) is 5.76 Å². The second-order valence-electron chi connectivity index (χ2n) is 8.90. The lowest BCUT2D eigenvalue weighted by molar-refractivity contribution is 0.0871. The average molecular weight is 409 g/mol. The smallest absolute Gasteiger partial charge is 0.287 e. The molecule has 1 aliphatic rings. The zero-order chi connectivity index (χ0) is 21.4. The molecule has 1 atom stereocenters. The lowest BCUT2D eigenvalue weighted by atomic mass is 9.97. The van der Waals surface area contributed by atoms with Crippen LogP contribution in [0.15, 0.2) is 33.1 Å². The Labute approximate surface area is 178 Å². The van der Waals surface area contributed by atoms with Crippen LogP contribution in [-0.4, -0.2) is 30.4 Å². The summed E-state index contributed by atoms with van der Waals surface area (Å²) < 4.78 is 11.9. The minimum Gasteiger partial charge on any atom is -0.465 e. The third-order valence-corrected chi connectivity index (χ3v) is 6.38. The Balaban J connectivity index is 1.55.